The lowest BCUT2D eigenvalue weighted by molar-refractivity contribution is -0.917. The molecule has 2 heterocycles. The summed E-state index contributed by atoms with van der Waals surface area (Å²) in [5.74, 6) is -0.213. The summed E-state index contributed by atoms with van der Waals surface area (Å²) in [6, 6.07) is 14.5. The van der Waals surface area contributed by atoms with Gasteiger partial charge in [0.15, 0.2) is 0 Å². The zero-order chi connectivity index (χ0) is 17.9. The SMILES string of the molecule is O=C(Cc1cccc(F)c1)N1CC[NH+](Cc2nc3ccccc3s2)CC1. The highest BCUT2D eigenvalue weighted by molar-refractivity contribution is 7.18. The van der Waals surface area contributed by atoms with Gasteiger partial charge in [0, 0.05) is 0 Å². The first kappa shape index (κ1) is 17.1. The van der Waals surface area contributed by atoms with Crippen LogP contribution in [0.3, 0.4) is 0 Å². The number of aromatic nitrogens is 1. The molecule has 0 radical (unpaired) electrons. The molecule has 1 amide bonds. The quantitative estimate of drug-likeness (QED) is 0.762. The van der Waals surface area contributed by atoms with E-state index in [9.17, 15) is 9.18 Å². The molecule has 0 bridgehead atoms. The number of hydrogen-bond acceptors (Lipinski definition) is 3. The Morgan fingerprint density at radius 2 is 1.96 bits per heavy atom. The summed E-state index contributed by atoms with van der Waals surface area (Å²) < 4.78 is 14.5. The largest absolute Gasteiger partial charge is 0.331 e. The highest BCUT2D eigenvalue weighted by atomic mass is 32.1. The molecule has 4 rings (SSSR count). The van der Waals surface area contributed by atoms with Crippen LogP contribution in [0.15, 0.2) is 48.5 Å². The fourth-order valence-corrected chi connectivity index (χ4v) is 4.43. The molecule has 4 nitrogen and oxygen atoms in total. The molecule has 0 aliphatic carbocycles. The number of thiazole rings is 1. The standard InChI is InChI=1S/C20H20FN3OS/c21-16-5-3-4-15(12-16)13-20(25)24-10-8-23(9-11-24)14-19-22-17-6-1-2-7-18(17)26-19/h1-7,12H,8-11,13-14H2/p+1. The van der Waals surface area contributed by atoms with E-state index in [2.05, 4.69) is 6.07 Å². The molecule has 0 unspecified atom stereocenters. The van der Waals surface area contributed by atoms with Crippen LogP contribution < -0.4 is 4.90 Å². The van der Waals surface area contributed by atoms with Gasteiger partial charge >= 0.3 is 0 Å². The van der Waals surface area contributed by atoms with Crippen LogP contribution >= 0.6 is 11.3 Å². The van der Waals surface area contributed by atoms with Gasteiger partial charge in [-0.3, -0.25) is 4.79 Å². The van der Waals surface area contributed by atoms with Crippen molar-refractivity contribution >= 4 is 27.5 Å². The summed E-state index contributed by atoms with van der Waals surface area (Å²) in [6.45, 7) is 4.24. The fraction of sp³-hybridized carbons (Fsp3) is 0.300. The molecular weight excluding hydrogens is 349 g/mol. The Morgan fingerprint density at radius 3 is 2.73 bits per heavy atom. The number of hydrogen-bond donors (Lipinski definition) is 1. The van der Waals surface area contributed by atoms with Gasteiger partial charge in [0.05, 0.1) is 42.8 Å². The van der Waals surface area contributed by atoms with E-state index in [0.29, 0.717) is 0 Å². The second kappa shape index (κ2) is 7.51. The predicted molar refractivity (Wildman–Crippen MR) is 101 cm³/mol. The van der Waals surface area contributed by atoms with Crippen molar-refractivity contribution in [3.05, 3.63) is 64.9 Å². The van der Waals surface area contributed by atoms with E-state index in [4.69, 9.17) is 4.98 Å². The van der Waals surface area contributed by atoms with Gasteiger partial charge in [-0.15, -0.1) is 11.3 Å². The molecule has 1 saturated heterocycles. The Balaban J connectivity index is 1.31. The van der Waals surface area contributed by atoms with E-state index in [1.54, 1.807) is 23.5 Å². The van der Waals surface area contributed by atoms with Crippen LogP contribution in [0.25, 0.3) is 10.2 Å². The van der Waals surface area contributed by atoms with E-state index in [1.807, 2.05) is 23.1 Å². The number of amides is 1. The number of halogens is 1. The number of carbonyl (C=O) groups excluding carboxylic acids is 1. The first-order valence-electron chi connectivity index (χ1n) is 8.87. The number of rotatable bonds is 4. The summed E-state index contributed by atoms with van der Waals surface area (Å²) >= 11 is 1.75. The Morgan fingerprint density at radius 1 is 1.15 bits per heavy atom. The van der Waals surface area contributed by atoms with Crippen molar-refractivity contribution in [1.82, 2.24) is 9.88 Å². The molecule has 6 heteroatoms. The summed E-state index contributed by atoms with van der Waals surface area (Å²) in [6.07, 6.45) is 0.269. The van der Waals surface area contributed by atoms with Gasteiger partial charge in [0.2, 0.25) is 5.91 Å². The van der Waals surface area contributed by atoms with Crippen LogP contribution in [0.1, 0.15) is 10.6 Å². The van der Waals surface area contributed by atoms with Crippen LogP contribution in [0, 0.1) is 5.82 Å². The lowest BCUT2D eigenvalue weighted by Gasteiger charge is -2.32. The summed E-state index contributed by atoms with van der Waals surface area (Å²) in [5.41, 5.74) is 1.80. The first-order valence-corrected chi connectivity index (χ1v) is 9.69. The zero-order valence-electron chi connectivity index (χ0n) is 14.5. The Kier molecular flexibility index (Phi) is 4.95. The summed E-state index contributed by atoms with van der Waals surface area (Å²) in [4.78, 5) is 20.5. The molecular formula is C20H21FN3OS+. The number of carbonyl (C=O) groups is 1. The third-order valence-electron chi connectivity index (χ3n) is 4.81. The molecule has 1 aliphatic heterocycles. The van der Waals surface area contributed by atoms with Crippen LogP contribution in [-0.4, -0.2) is 42.0 Å². The molecule has 3 aromatic rings. The van der Waals surface area contributed by atoms with Gasteiger partial charge in [-0.1, -0.05) is 24.3 Å². The number of benzene rings is 2. The minimum Gasteiger partial charge on any atom is -0.331 e. The molecule has 134 valence electrons. The van der Waals surface area contributed by atoms with Gasteiger partial charge in [-0.25, -0.2) is 9.37 Å². The summed E-state index contributed by atoms with van der Waals surface area (Å²) in [7, 11) is 0. The van der Waals surface area contributed by atoms with Crippen LogP contribution in [0.4, 0.5) is 4.39 Å². The number of fused-ring (bicyclic) bond motifs is 1. The van der Waals surface area contributed by atoms with Gasteiger partial charge in [-0.2, -0.15) is 0 Å². The van der Waals surface area contributed by atoms with E-state index >= 15 is 0 Å². The van der Waals surface area contributed by atoms with Gasteiger partial charge in [-0.05, 0) is 29.8 Å². The molecule has 1 fully saturated rings. The smallest absolute Gasteiger partial charge is 0.227 e. The second-order valence-corrected chi connectivity index (χ2v) is 7.80. The molecule has 1 N–H and O–H groups in total. The molecule has 2 aromatic carbocycles. The van der Waals surface area contributed by atoms with E-state index in [0.717, 1.165) is 48.8 Å². The van der Waals surface area contributed by atoms with Crippen molar-refractivity contribution in [2.24, 2.45) is 0 Å². The normalized spacial score (nSPS) is 15.5. The number of quaternary nitrogens is 1. The Labute approximate surface area is 155 Å². The highest BCUT2D eigenvalue weighted by Crippen LogP contribution is 2.20. The Hall–Kier alpha value is -2.31. The highest BCUT2D eigenvalue weighted by Gasteiger charge is 2.24. The maximum Gasteiger partial charge on any atom is 0.227 e. The average molecular weight is 370 g/mol. The molecule has 0 saturated carbocycles. The fourth-order valence-electron chi connectivity index (χ4n) is 3.39. The molecule has 0 spiro atoms. The minimum atomic E-state index is -0.291. The predicted octanol–water partition coefficient (Wildman–Crippen LogP) is 1.91. The second-order valence-electron chi connectivity index (χ2n) is 6.69. The van der Waals surface area contributed by atoms with E-state index in [-0.39, 0.29) is 18.1 Å². The molecule has 1 aliphatic rings. The van der Waals surface area contributed by atoms with Crippen LogP contribution in [-0.2, 0) is 17.8 Å². The number of piperazine rings is 1. The monoisotopic (exact) mass is 370 g/mol. The maximum atomic E-state index is 13.3. The summed E-state index contributed by atoms with van der Waals surface area (Å²) in [5, 5.41) is 1.15. The Bertz CT molecular complexity index is 885. The van der Waals surface area contributed by atoms with Crippen molar-refractivity contribution < 1.29 is 14.1 Å². The van der Waals surface area contributed by atoms with E-state index in [1.165, 1.54) is 21.7 Å². The third-order valence-corrected chi connectivity index (χ3v) is 5.84. The lowest BCUT2D eigenvalue weighted by atomic mass is 10.1. The van der Waals surface area contributed by atoms with Crippen molar-refractivity contribution in [3.63, 3.8) is 0 Å². The number of nitrogens with zero attached hydrogens (tertiary/aromatic N) is 2. The minimum absolute atomic E-state index is 0.0784. The van der Waals surface area contributed by atoms with Gasteiger partial charge < -0.3 is 9.80 Å². The van der Waals surface area contributed by atoms with Crippen molar-refractivity contribution in [2.45, 2.75) is 13.0 Å². The molecule has 0 atom stereocenters. The van der Waals surface area contributed by atoms with Crippen LogP contribution in [0.2, 0.25) is 0 Å². The number of para-hydroxylation sites is 1. The maximum absolute atomic E-state index is 13.3. The van der Waals surface area contributed by atoms with Gasteiger partial charge in [0.25, 0.3) is 0 Å². The topological polar surface area (TPSA) is 37.6 Å². The molecule has 26 heavy (non-hydrogen) atoms. The first-order chi connectivity index (χ1) is 12.7. The molecule has 1 aromatic heterocycles. The van der Waals surface area contributed by atoms with Crippen molar-refractivity contribution in [2.75, 3.05) is 26.2 Å². The lowest BCUT2D eigenvalue weighted by Crippen LogP contribution is -3.13. The van der Waals surface area contributed by atoms with Crippen LogP contribution in [0.5, 0.6) is 0 Å². The zero-order valence-corrected chi connectivity index (χ0v) is 15.3. The van der Waals surface area contributed by atoms with E-state index < -0.39 is 0 Å². The van der Waals surface area contributed by atoms with Crippen molar-refractivity contribution in [3.8, 4) is 0 Å². The third kappa shape index (κ3) is 3.92. The average Bonchev–Trinajstić information content (AvgIpc) is 3.04. The number of nitrogens with one attached hydrogen (secondary N) is 1. The van der Waals surface area contributed by atoms with Crippen molar-refractivity contribution in [1.29, 1.82) is 0 Å². The van der Waals surface area contributed by atoms with Gasteiger partial charge in [0.1, 0.15) is 17.4 Å².